The van der Waals surface area contributed by atoms with Gasteiger partial charge >= 0.3 is 0 Å². The highest BCUT2D eigenvalue weighted by Gasteiger charge is 2.19. The first kappa shape index (κ1) is 16.6. The predicted octanol–water partition coefficient (Wildman–Crippen LogP) is 1.39. The summed E-state index contributed by atoms with van der Waals surface area (Å²) in [5, 5.41) is 0. The number of nitrogens with two attached hydrogens (primary N) is 1. The molecule has 7 heteroatoms. The lowest BCUT2D eigenvalue weighted by Crippen LogP contribution is -2.32. The van der Waals surface area contributed by atoms with Crippen molar-refractivity contribution in [2.45, 2.75) is 44.3 Å². The molecule has 0 saturated carbocycles. The topological polar surface area (TPSA) is 77.1 Å². The summed E-state index contributed by atoms with van der Waals surface area (Å²) < 4.78 is 29.0. The molecule has 5 nitrogen and oxygen atoms in total. The van der Waals surface area contributed by atoms with Crippen LogP contribution < -0.4 is 10.5 Å². The van der Waals surface area contributed by atoms with Crippen molar-refractivity contribution in [1.29, 1.82) is 0 Å². The third-order valence-corrected chi connectivity index (χ3v) is 5.13. The molecule has 0 aromatic carbocycles. The Balaban J connectivity index is 2.85. The Kier molecular flexibility index (Phi) is 6.38. The van der Waals surface area contributed by atoms with Gasteiger partial charge in [0.2, 0.25) is 10.0 Å². The number of nitrogens with one attached hydrogen (secondary N) is 1. The zero-order valence-electron chi connectivity index (χ0n) is 11.7. The van der Waals surface area contributed by atoms with Gasteiger partial charge in [0.15, 0.2) is 0 Å². The molecule has 0 aliphatic rings. The van der Waals surface area contributed by atoms with Crippen LogP contribution in [0.1, 0.15) is 26.0 Å². The average Bonchev–Trinajstić information content (AvgIpc) is 2.79. The summed E-state index contributed by atoms with van der Waals surface area (Å²) in [5.74, 6) is 0.938. The summed E-state index contributed by atoms with van der Waals surface area (Å²) in [6, 6.07) is 1.58. The second-order valence-corrected chi connectivity index (χ2v) is 7.16. The molecule has 1 atom stereocenters. The predicted molar refractivity (Wildman–Crippen MR) is 80.8 cm³/mol. The molecule has 1 rings (SSSR count). The second kappa shape index (κ2) is 7.33. The lowest BCUT2D eigenvalue weighted by molar-refractivity contribution is 0.556. The number of sulfonamides is 1. The van der Waals surface area contributed by atoms with Gasteiger partial charge in [0.25, 0.3) is 0 Å². The van der Waals surface area contributed by atoms with Crippen molar-refractivity contribution in [2.75, 3.05) is 12.0 Å². The van der Waals surface area contributed by atoms with E-state index >= 15 is 0 Å². The summed E-state index contributed by atoms with van der Waals surface area (Å²) in [6.07, 6.45) is 4.47. The molecule has 0 saturated heterocycles. The van der Waals surface area contributed by atoms with Gasteiger partial charge in [-0.2, -0.15) is 11.8 Å². The Bertz CT molecular complexity index is 476. The molecule has 3 N–H and O–H groups in total. The minimum absolute atomic E-state index is 0.0660. The highest BCUT2D eigenvalue weighted by molar-refractivity contribution is 7.98. The molecule has 1 unspecified atom stereocenters. The van der Waals surface area contributed by atoms with Crippen molar-refractivity contribution in [1.82, 2.24) is 9.29 Å². The van der Waals surface area contributed by atoms with E-state index in [4.69, 9.17) is 5.73 Å². The van der Waals surface area contributed by atoms with Gasteiger partial charge in [-0.1, -0.05) is 0 Å². The number of aromatic nitrogens is 1. The van der Waals surface area contributed by atoms with Crippen molar-refractivity contribution in [3.8, 4) is 0 Å². The van der Waals surface area contributed by atoms with Gasteiger partial charge < -0.3 is 10.3 Å². The Morgan fingerprint density at radius 1 is 1.53 bits per heavy atom. The zero-order chi connectivity index (χ0) is 14.5. The van der Waals surface area contributed by atoms with Crippen LogP contribution in [0.5, 0.6) is 0 Å². The highest BCUT2D eigenvalue weighted by Crippen LogP contribution is 2.15. The first-order chi connectivity index (χ1) is 8.94. The first-order valence-corrected chi connectivity index (χ1v) is 9.22. The van der Waals surface area contributed by atoms with Gasteiger partial charge in [-0.15, -0.1) is 0 Å². The Hall–Kier alpha value is -0.500. The molecule has 1 aromatic heterocycles. The van der Waals surface area contributed by atoms with Crippen LogP contribution in [-0.4, -0.2) is 31.0 Å². The minimum atomic E-state index is -3.45. The monoisotopic (exact) mass is 305 g/mol. The van der Waals surface area contributed by atoms with Crippen LogP contribution in [0.3, 0.4) is 0 Å². The smallest absolute Gasteiger partial charge is 0.242 e. The fraction of sp³-hybridized carbons (Fsp3) is 0.667. The largest absolute Gasteiger partial charge is 0.349 e. The summed E-state index contributed by atoms with van der Waals surface area (Å²) >= 11 is 1.71. The lowest BCUT2D eigenvalue weighted by atomic mass is 10.3. The molecule has 0 amide bonds. The van der Waals surface area contributed by atoms with Crippen molar-refractivity contribution in [3.05, 3.63) is 18.0 Å². The van der Waals surface area contributed by atoms with Crippen LogP contribution in [0.4, 0.5) is 0 Å². The number of rotatable bonds is 8. The molecule has 0 spiro atoms. The molecular formula is C12H23N3O2S2. The fourth-order valence-corrected chi connectivity index (χ4v) is 3.75. The van der Waals surface area contributed by atoms with Gasteiger partial charge in [-0.3, -0.25) is 0 Å². The van der Waals surface area contributed by atoms with Crippen LogP contribution in [0.2, 0.25) is 0 Å². The Labute approximate surface area is 120 Å². The van der Waals surface area contributed by atoms with Crippen LogP contribution in [0, 0.1) is 0 Å². The molecule has 110 valence electrons. The van der Waals surface area contributed by atoms with Crippen LogP contribution in [0.15, 0.2) is 17.2 Å². The van der Waals surface area contributed by atoms with Crippen molar-refractivity contribution >= 4 is 21.8 Å². The molecular weight excluding hydrogens is 282 g/mol. The average molecular weight is 305 g/mol. The quantitative estimate of drug-likeness (QED) is 0.761. The molecule has 0 aliphatic carbocycles. The third-order valence-electron chi connectivity index (χ3n) is 2.93. The van der Waals surface area contributed by atoms with Gasteiger partial charge in [-0.05, 0) is 38.3 Å². The van der Waals surface area contributed by atoms with E-state index in [2.05, 4.69) is 4.72 Å². The van der Waals surface area contributed by atoms with E-state index in [-0.39, 0.29) is 6.04 Å². The maximum atomic E-state index is 12.2. The lowest BCUT2D eigenvalue weighted by Gasteiger charge is -2.12. The van der Waals surface area contributed by atoms with Crippen LogP contribution >= 0.6 is 11.8 Å². The molecule has 0 aliphatic heterocycles. The highest BCUT2D eigenvalue weighted by atomic mass is 32.2. The maximum absolute atomic E-state index is 12.2. The zero-order valence-corrected chi connectivity index (χ0v) is 13.4. The van der Waals surface area contributed by atoms with Gasteiger partial charge in [-0.25, -0.2) is 13.1 Å². The summed E-state index contributed by atoms with van der Waals surface area (Å²) in [6.45, 7) is 4.90. The molecule has 0 fully saturated rings. The van der Waals surface area contributed by atoms with Crippen molar-refractivity contribution in [2.24, 2.45) is 5.73 Å². The van der Waals surface area contributed by atoms with E-state index in [1.165, 1.54) is 0 Å². The van der Waals surface area contributed by atoms with E-state index in [0.29, 0.717) is 18.0 Å². The van der Waals surface area contributed by atoms with Gasteiger partial charge in [0, 0.05) is 31.0 Å². The normalized spacial score (nSPS) is 13.7. The minimum Gasteiger partial charge on any atom is -0.349 e. The first-order valence-electron chi connectivity index (χ1n) is 6.35. The van der Waals surface area contributed by atoms with Gasteiger partial charge in [0.1, 0.15) is 0 Å². The molecule has 0 radical (unpaired) electrons. The van der Waals surface area contributed by atoms with Crippen LogP contribution in [-0.2, 0) is 23.1 Å². The number of hydrogen-bond acceptors (Lipinski definition) is 4. The van der Waals surface area contributed by atoms with Gasteiger partial charge in [0.05, 0.1) is 4.90 Å². The molecule has 0 bridgehead atoms. The summed E-state index contributed by atoms with van der Waals surface area (Å²) in [7, 11) is -3.45. The van der Waals surface area contributed by atoms with Crippen LogP contribution in [0.25, 0.3) is 0 Å². The molecule has 1 aromatic rings. The van der Waals surface area contributed by atoms with E-state index in [0.717, 1.165) is 17.9 Å². The Morgan fingerprint density at radius 3 is 2.68 bits per heavy atom. The summed E-state index contributed by atoms with van der Waals surface area (Å²) in [5.41, 5.74) is 6.44. The Morgan fingerprint density at radius 2 is 2.21 bits per heavy atom. The third kappa shape index (κ3) is 4.52. The fourth-order valence-electron chi connectivity index (χ4n) is 1.82. The van der Waals surface area contributed by atoms with E-state index < -0.39 is 10.0 Å². The number of hydrogen-bond donors (Lipinski definition) is 2. The number of nitrogens with zero attached hydrogens (tertiary/aromatic N) is 1. The maximum Gasteiger partial charge on any atom is 0.242 e. The SMILES string of the molecule is CCn1cc(S(=O)(=O)NC(C)CCSC)cc1CN. The second-order valence-electron chi connectivity index (χ2n) is 4.46. The number of aryl methyl sites for hydroxylation is 1. The molecule has 19 heavy (non-hydrogen) atoms. The number of thioether (sulfide) groups is 1. The van der Waals surface area contributed by atoms with Crippen molar-refractivity contribution < 1.29 is 8.42 Å². The van der Waals surface area contributed by atoms with Crippen molar-refractivity contribution in [3.63, 3.8) is 0 Å². The van der Waals surface area contributed by atoms with E-state index in [1.54, 1.807) is 24.0 Å². The standard InChI is InChI=1S/C12H23N3O2S2/c1-4-15-9-12(7-11(15)8-13)19(16,17)14-10(2)5-6-18-3/h7,9-10,14H,4-6,8,13H2,1-3H3. The summed E-state index contributed by atoms with van der Waals surface area (Å²) in [4.78, 5) is 0.297. The molecule has 1 heterocycles. The van der Waals surface area contributed by atoms with E-state index in [1.807, 2.05) is 24.7 Å². The van der Waals surface area contributed by atoms with E-state index in [9.17, 15) is 8.42 Å².